The molecular weight excluding hydrogens is 428 g/mol. The summed E-state index contributed by atoms with van der Waals surface area (Å²) in [6, 6.07) is 5.84. The van der Waals surface area contributed by atoms with Crippen molar-refractivity contribution < 1.29 is 4.74 Å². The molecule has 0 saturated heterocycles. The zero-order chi connectivity index (χ0) is 13.5. The Kier molecular flexibility index (Phi) is 12.4. The monoisotopic (exact) mass is 444 g/mol. The fourth-order valence-electron chi connectivity index (χ4n) is 1.34. The second-order valence-corrected chi connectivity index (χ2v) is 5.53. The zero-order valence-electron chi connectivity index (χ0n) is 10.8. The van der Waals surface area contributed by atoms with Gasteiger partial charge in [-0.3, -0.25) is 10.8 Å². The van der Waals surface area contributed by atoms with E-state index in [1.54, 1.807) is 7.11 Å². The molecule has 0 aliphatic carbocycles. The lowest BCUT2D eigenvalue weighted by atomic mass is 10.1. The number of halogens is 2. The van der Waals surface area contributed by atoms with E-state index >= 15 is 0 Å². The van der Waals surface area contributed by atoms with Crippen molar-refractivity contribution in [3.05, 3.63) is 29.3 Å². The molecule has 0 saturated carbocycles. The first-order valence-electron chi connectivity index (χ1n) is 5.11. The summed E-state index contributed by atoms with van der Waals surface area (Å²) in [6.07, 6.45) is 0. The first kappa shape index (κ1) is 21.9. The van der Waals surface area contributed by atoms with Gasteiger partial charge in [0.1, 0.15) is 5.75 Å². The van der Waals surface area contributed by atoms with E-state index in [1.807, 2.05) is 18.2 Å². The van der Waals surface area contributed by atoms with Gasteiger partial charge >= 0.3 is 0 Å². The summed E-state index contributed by atoms with van der Waals surface area (Å²) in [6.45, 7) is 0. The maximum atomic E-state index is 7.19. The fourth-order valence-corrected chi connectivity index (χ4v) is 2.31. The molecule has 0 aromatic heterocycles. The smallest absolute Gasteiger partial charge is 0.151 e. The van der Waals surface area contributed by atoms with E-state index in [2.05, 4.69) is 0 Å². The summed E-state index contributed by atoms with van der Waals surface area (Å²) in [5, 5.41) is 14.6. The van der Waals surface area contributed by atoms with Crippen LogP contribution >= 0.6 is 57.5 Å². The van der Waals surface area contributed by atoms with Crippen LogP contribution in [0.5, 0.6) is 5.75 Å². The summed E-state index contributed by atoms with van der Waals surface area (Å²) >= 11 is 2.54. The zero-order valence-corrected chi connectivity index (χ0v) is 15.9. The second kappa shape index (κ2) is 11.3. The highest BCUT2D eigenvalue weighted by molar-refractivity contribution is 8.93. The van der Waals surface area contributed by atoms with Crippen LogP contribution in [0.1, 0.15) is 11.1 Å². The molecule has 1 rings (SSSR count). The lowest BCUT2D eigenvalue weighted by Gasteiger charge is -2.08. The Labute approximate surface area is 148 Å². The van der Waals surface area contributed by atoms with E-state index in [9.17, 15) is 0 Å². The van der Waals surface area contributed by atoms with Crippen molar-refractivity contribution in [1.29, 1.82) is 10.8 Å². The lowest BCUT2D eigenvalue weighted by molar-refractivity contribution is 0.414. The molecule has 1 aromatic rings. The molecule has 0 heterocycles. The van der Waals surface area contributed by atoms with Crippen molar-refractivity contribution in [2.24, 2.45) is 11.5 Å². The second-order valence-electron chi connectivity index (χ2n) is 3.50. The minimum atomic E-state index is 0. The van der Waals surface area contributed by atoms with Crippen molar-refractivity contribution in [3.8, 4) is 5.75 Å². The summed E-state index contributed by atoms with van der Waals surface area (Å²) in [7, 11) is 1.61. The van der Waals surface area contributed by atoms with E-state index in [-0.39, 0.29) is 44.3 Å². The number of amidine groups is 2. The number of benzene rings is 1. The van der Waals surface area contributed by atoms with Crippen molar-refractivity contribution in [2.75, 3.05) is 7.11 Å². The third kappa shape index (κ3) is 8.72. The standard InChI is InChI=1S/C11H16N4OS2.2BrH/c1-16-9-3-7(5-17-10(12)13)2-8(4-9)6-18-11(14)15;;/h2-4H,5-6H2,1H3,(H3,12,13)(H3,14,15);2*1H. The van der Waals surface area contributed by atoms with E-state index in [0.717, 1.165) is 16.9 Å². The van der Waals surface area contributed by atoms with Crippen LogP contribution in [0.4, 0.5) is 0 Å². The maximum absolute atomic E-state index is 7.19. The van der Waals surface area contributed by atoms with Gasteiger partial charge in [-0.25, -0.2) is 0 Å². The van der Waals surface area contributed by atoms with Crippen LogP contribution in [0, 0.1) is 10.8 Å². The quantitative estimate of drug-likeness (QED) is 0.411. The third-order valence-electron chi connectivity index (χ3n) is 2.05. The van der Waals surface area contributed by atoms with Gasteiger partial charge in [-0.05, 0) is 23.3 Å². The van der Waals surface area contributed by atoms with Crippen molar-refractivity contribution >= 4 is 67.8 Å². The van der Waals surface area contributed by atoms with E-state index in [1.165, 1.54) is 23.5 Å². The Bertz CT molecular complexity index is 424. The molecule has 0 radical (unpaired) electrons. The normalized spacial score (nSPS) is 9.05. The molecule has 0 fully saturated rings. The van der Waals surface area contributed by atoms with Gasteiger partial charge in [0.15, 0.2) is 10.3 Å². The molecule has 0 spiro atoms. The van der Waals surface area contributed by atoms with Gasteiger partial charge in [0.2, 0.25) is 0 Å². The number of ether oxygens (including phenoxy) is 1. The van der Waals surface area contributed by atoms with E-state index in [0.29, 0.717) is 11.5 Å². The van der Waals surface area contributed by atoms with E-state index < -0.39 is 0 Å². The van der Waals surface area contributed by atoms with Gasteiger partial charge in [0, 0.05) is 11.5 Å². The topological polar surface area (TPSA) is 109 Å². The lowest BCUT2D eigenvalue weighted by Crippen LogP contribution is -2.05. The molecule has 9 heteroatoms. The largest absolute Gasteiger partial charge is 0.497 e. The van der Waals surface area contributed by atoms with Crippen molar-refractivity contribution in [1.82, 2.24) is 0 Å². The highest BCUT2D eigenvalue weighted by Crippen LogP contribution is 2.23. The SMILES string of the molecule is Br.Br.COc1cc(CSC(=N)N)cc(CSC(=N)N)c1. The van der Waals surface area contributed by atoms with Crippen molar-refractivity contribution in [2.45, 2.75) is 11.5 Å². The van der Waals surface area contributed by atoms with Gasteiger partial charge in [0.05, 0.1) is 7.11 Å². The molecule has 0 aliphatic heterocycles. The Morgan fingerprint density at radius 1 is 1.00 bits per heavy atom. The predicted molar refractivity (Wildman–Crippen MR) is 100 cm³/mol. The number of nitrogens with two attached hydrogens (primary N) is 2. The summed E-state index contributed by atoms with van der Waals surface area (Å²) in [5.41, 5.74) is 12.7. The fraction of sp³-hybridized carbons (Fsp3) is 0.273. The molecule has 20 heavy (non-hydrogen) atoms. The van der Waals surface area contributed by atoms with Gasteiger partial charge in [0.25, 0.3) is 0 Å². The number of methoxy groups -OCH3 is 1. The number of hydrogen-bond acceptors (Lipinski definition) is 5. The summed E-state index contributed by atoms with van der Waals surface area (Å²) in [4.78, 5) is 0. The number of nitrogens with one attached hydrogen (secondary N) is 2. The van der Waals surface area contributed by atoms with Crippen LogP contribution in [0.15, 0.2) is 18.2 Å². The molecule has 6 N–H and O–H groups in total. The molecule has 0 unspecified atom stereocenters. The highest BCUT2D eigenvalue weighted by atomic mass is 79.9. The molecule has 5 nitrogen and oxygen atoms in total. The Hall–Kier alpha value is -0.380. The predicted octanol–water partition coefficient (Wildman–Crippen LogP) is 3.10. The molecule has 0 bridgehead atoms. The molecule has 1 aromatic carbocycles. The maximum Gasteiger partial charge on any atom is 0.151 e. The van der Waals surface area contributed by atoms with Gasteiger partial charge in [-0.15, -0.1) is 34.0 Å². The van der Waals surface area contributed by atoms with Gasteiger partial charge in [-0.2, -0.15) is 0 Å². The average Bonchev–Trinajstić information content (AvgIpc) is 2.33. The molecular formula is C11H18Br2N4OS2. The summed E-state index contributed by atoms with van der Waals surface area (Å²) in [5.74, 6) is 2.02. The first-order valence-corrected chi connectivity index (χ1v) is 7.09. The van der Waals surface area contributed by atoms with Crippen LogP contribution in [0.3, 0.4) is 0 Å². The Morgan fingerprint density at radius 3 is 1.70 bits per heavy atom. The van der Waals surface area contributed by atoms with Crippen LogP contribution in [-0.2, 0) is 11.5 Å². The third-order valence-corrected chi connectivity index (χ3v) is 3.63. The van der Waals surface area contributed by atoms with Gasteiger partial charge < -0.3 is 16.2 Å². The van der Waals surface area contributed by atoms with E-state index in [4.69, 9.17) is 27.0 Å². The highest BCUT2D eigenvalue weighted by Gasteiger charge is 2.04. The Balaban J connectivity index is 0. The molecule has 114 valence electrons. The summed E-state index contributed by atoms with van der Waals surface area (Å²) < 4.78 is 5.22. The molecule has 0 atom stereocenters. The molecule has 0 aliphatic rings. The minimum Gasteiger partial charge on any atom is -0.497 e. The average molecular weight is 446 g/mol. The number of hydrogen-bond donors (Lipinski definition) is 4. The first-order chi connectivity index (χ1) is 8.51. The van der Waals surface area contributed by atoms with Crippen LogP contribution < -0.4 is 16.2 Å². The van der Waals surface area contributed by atoms with Crippen molar-refractivity contribution in [3.63, 3.8) is 0 Å². The van der Waals surface area contributed by atoms with Crippen LogP contribution in [0.2, 0.25) is 0 Å². The number of rotatable bonds is 5. The minimum absolute atomic E-state index is 0. The Morgan fingerprint density at radius 2 is 1.40 bits per heavy atom. The van der Waals surface area contributed by atoms with Crippen LogP contribution in [0.25, 0.3) is 0 Å². The molecule has 0 amide bonds. The van der Waals surface area contributed by atoms with Gasteiger partial charge in [-0.1, -0.05) is 29.6 Å². The number of thioether (sulfide) groups is 2. The van der Waals surface area contributed by atoms with Crippen LogP contribution in [-0.4, -0.2) is 17.4 Å².